The number of likely N-dealkylation sites (tertiary alicyclic amines) is 1. The molecule has 0 aromatic heterocycles. The lowest BCUT2D eigenvalue weighted by Gasteiger charge is -2.20. The molecular formula is C21H33IN4O3. The smallest absolute Gasteiger partial charge is 0.231 e. The number of ether oxygens (including phenoxy) is 2. The molecule has 0 aliphatic carbocycles. The van der Waals surface area contributed by atoms with Crippen LogP contribution in [0.15, 0.2) is 23.2 Å². The van der Waals surface area contributed by atoms with E-state index in [4.69, 9.17) is 9.47 Å². The van der Waals surface area contributed by atoms with Gasteiger partial charge >= 0.3 is 0 Å². The van der Waals surface area contributed by atoms with Gasteiger partial charge < -0.3 is 25.0 Å². The van der Waals surface area contributed by atoms with Crippen LogP contribution in [0.5, 0.6) is 11.5 Å². The minimum Gasteiger partial charge on any atom is -0.454 e. The number of benzene rings is 1. The fourth-order valence-corrected chi connectivity index (χ4v) is 3.49. The molecule has 2 aliphatic heterocycles. The SMILES string of the molecule is CCNC(=NCCCN1CCCCCC1=O)NCCc1ccc2c(c1)OCO2.I. The molecule has 0 bridgehead atoms. The second-order valence-electron chi connectivity index (χ2n) is 7.17. The molecule has 0 unspecified atom stereocenters. The maximum Gasteiger partial charge on any atom is 0.231 e. The molecule has 1 fully saturated rings. The third-order valence-corrected chi connectivity index (χ3v) is 5.01. The van der Waals surface area contributed by atoms with Gasteiger partial charge in [-0.25, -0.2) is 0 Å². The molecule has 8 heteroatoms. The number of hydrogen-bond donors (Lipinski definition) is 2. The van der Waals surface area contributed by atoms with Crippen LogP contribution in [0, 0.1) is 0 Å². The predicted octanol–water partition coefficient (Wildman–Crippen LogP) is 2.92. The number of guanidine groups is 1. The van der Waals surface area contributed by atoms with Gasteiger partial charge in [-0.1, -0.05) is 12.5 Å². The molecule has 29 heavy (non-hydrogen) atoms. The summed E-state index contributed by atoms with van der Waals surface area (Å²) in [4.78, 5) is 18.7. The van der Waals surface area contributed by atoms with Crippen LogP contribution in [0.25, 0.3) is 0 Å². The molecular weight excluding hydrogens is 483 g/mol. The number of hydrogen-bond acceptors (Lipinski definition) is 4. The number of nitrogens with zero attached hydrogens (tertiary/aromatic N) is 2. The molecule has 0 radical (unpaired) electrons. The summed E-state index contributed by atoms with van der Waals surface area (Å²) < 4.78 is 10.8. The first-order valence-corrected chi connectivity index (χ1v) is 10.4. The van der Waals surface area contributed by atoms with Gasteiger partial charge in [-0.15, -0.1) is 24.0 Å². The Labute approximate surface area is 190 Å². The zero-order chi connectivity index (χ0) is 19.6. The summed E-state index contributed by atoms with van der Waals surface area (Å²) in [5, 5.41) is 6.66. The monoisotopic (exact) mass is 516 g/mol. The number of amides is 1. The average molecular weight is 516 g/mol. The van der Waals surface area contributed by atoms with E-state index >= 15 is 0 Å². The summed E-state index contributed by atoms with van der Waals surface area (Å²) in [6.45, 7) is 6.39. The van der Waals surface area contributed by atoms with Crippen molar-refractivity contribution in [1.29, 1.82) is 0 Å². The first-order valence-electron chi connectivity index (χ1n) is 10.4. The van der Waals surface area contributed by atoms with Crippen LogP contribution in [0.3, 0.4) is 0 Å². The molecule has 1 saturated heterocycles. The van der Waals surface area contributed by atoms with Crippen LogP contribution in [0.2, 0.25) is 0 Å². The van der Waals surface area contributed by atoms with E-state index in [9.17, 15) is 4.79 Å². The Morgan fingerprint density at radius 2 is 2.03 bits per heavy atom. The van der Waals surface area contributed by atoms with Crippen LogP contribution in [0.1, 0.15) is 44.6 Å². The molecule has 2 heterocycles. The third-order valence-electron chi connectivity index (χ3n) is 5.01. The zero-order valence-electron chi connectivity index (χ0n) is 17.2. The summed E-state index contributed by atoms with van der Waals surface area (Å²) >= 11 is 0. The van der Waals surface area contributed by atoms with Crippen LogP contribution in [-0.2, 0) is 11.2 Å². The van der Waals surface area contributed by atoms with E-state index in [1.807, 2.05) is 17.0 Å². The van der Waals surface area contributed by atoms with Gasteiger partial charge in [0.25, 0.3) is 0 Å². The van der Waals surface area contributed by atoms with E-state index in [1.54, 1.807) is 0 Å². The number of carbonyl (C=O) groups is 1. The van der Waals surface area contributed by atoms with Crippen molar-refractivity contribution in [2.75, 3.05) is 39.5 Å². The fourth-order valence-electron chi connectivity index (χ4n) is 3.49. The van der Waals surface area contributed by atoms with E-state index in [1.165, 1.54) is 5.56 Å². The number of rotatable bonds is 8. The minimum absolute atomic E-state index is 0. The molecule has 0 spiro atoms. The number of aliphatic imine (C=N–C) groups is 1. The Kier molecular flexibility index (Phi) is 10.4. The third kappa shape index (κ3) is 7.56. The number of carbonyl (C=O) groups excluding carboxylic acids is 1. The molecule has 1 aromatic rings. The molecule has 0 saturated carbocycles. The highest BCUT2D eigenvalue weighted by atomic mass is 127. The molecule has 1 aromatic carbocycles. The topological polar surface area (TPSA) is 75.2 Å². The quantitative estimate of drug-likeness (QED) is 0.241. The molecule has 1 amide bonds. The summed E-state index contributed by atoms with van der Waals surface area (Å²) in [7, 11) is 0. The van der Waals surface area contributed by atoms with E-state index in [0.29, 0.717) is 25.7 Å². The summed E-state index contributed by atoms with van der Waals surface area (Å²) in [5.74, 6) is 2.76. The van der Waals surface area contributed by atoms with Gasteiger partial charge in [0.15, 0.2) is 17.5 Å². The van der Waals surface area contributed by atoms with Crippen molar-refractivity contribution in [3.63, 3.8) is 0 Å². The second kappa shape index (κ2) is 12.8. The minimum atomic E-state index is 0. The molecule has 2 N–H and O–H groups in total. The summed E-state index contributed by atoms with van der Waals surface area (Å²) in [6, 6.07) is 6.06. The van der Waals surface area contributed by atoms with Crippen LogP contribution in [0.4, 0.5) is 0 Å². The Morgan fingerprint density at radius 3 is 2.90 bits per heavy atom. The van der Waals surface area contributed by atoms with Gasteiger partial charge in [0.2, 0.25) is 12.7 Å². The highest BCUT2D eigenvalue weighted by molar-refractivity contribution is 14.0. The lowest BCUT2D eigenvalue weighted by atomic mass is 10.1. The van der Waals surface area contributed by atoms with E-state index < -0.39 is 0 Å². The molecule has 7 nitrogen and oxygen atoms in total. The molecule has 0 atom stereocenters. The van der Waals surface area contributed by atoms with Gasteiger partial charge in [-0.3, -0.25) is 9.79 Å². The highest BCUT2D eigenvalue weighted by Gasteiger charge is 2.15. The number of fused-ring (bicyclic) bond motifs is 1. The average Bonchev–Trinajstić information content (AvgIpc) is 3.07. The lowest BCUT2D eigenvalue weighted by molar-refractivity contribution is -0.130. The largest absolute Gasteiger partial charge is 0.454 e. The van der Waals surface area contributed by atoms with E-state index in [2.05, 4.69) is 28.6 Å². The zero-order valence-corrected chi connectivity index (χ0v) is 19.6. The molecule has 2 aliphatic rings. The number of nitrogens with one attached hydrogen (secondary N) is 2. The van der Waals surface area contributed by atoms with Crippen molar-refractivity contribution in [2.45, 2.75) is 45.4 Å². The van der Waals surface area contributed by atoms with Crippen molar-refractivity contribution in [3.8, 4) is 11.5 Å². The standard InChI is InChI=1S/C21H32N4O3.HI/c1-2-22-21(23-11-6-14-25-13-5-3-4-7-20(25)26)24-12-10-17-8-9-18-19(15-17)28-16-27-18;/h8-9,15H,2-7,10-14,16H2,1H3,(H2,22,23,24);1H. The van der Waals surface area contributed by atoms with Crippen molar-refractivity contribution in [2.24, 2.45) is 4.99 Å². The maximum atomic E-state index is 12.0. The maximum absolute atomic E-state index is 12.0. The lowest BCUT2D eigenvalue weighted by Crippen LogP contribution is -2.38. The van der Waals surface area contributed by atoms with Crippen molar-refractivity contribution in [1.82, 2.24) is 15.5 Å². The summed E-state index contributed by atoms with van der Waals surface area (Å²) in [5.41, 5.74) is 1.20. The van der Waals surface area contributed by atoms with Gasteiger partial charge in [0.05, 0.1) is 0 Å². The van der Waals surface area contributed by atoms with Crippen LogP contribution >= 0.6 is 24.0 Å². The van der Waals surface area contributed by atoms with Crippen molar-refractivity contribution in [3.05, 3.63) is 23.8 Å². The van der Waals surface area contributed by atoms with Gasteiger partial charge in [0.1, 0.15) is 0 Å². The molecule has 162 valence electrons. The first kappa shape index (κ1) is 23.6. The van der Waals surface area contributed by atoms with E-state index in [-0.39, 0.29) is 24.0 Å². The predicted molar refractivity (Wildman–Crippen MR) is 125 cm³/mol. The van der Waals surface area contributed by atoms with Gasteiger partial charge in [-0.05, 0) is 50.3 Å². The second-order valence-corrected chi connectivity index (χ2v) is 7.17. The Balaban J connectivity index is 0.00000300. The van der Waals surface area contributed by atoms with Crippen LogP contribution < -0.4 is 20.1 Å². The fraction of sp³-hybridized carbons (Fsp3) is 0.619. The summed E-state index contributed by atoms with van der Waals surface area (Å²) in [6.07, 6.45) is 5.80. The highest BCUT2D eigenvalue weighted by Crippen LogP contribution is 2.32. The van der Waals surface area contributed by atoms with Crippen molar-refractivity contribution >= 4 is 35.8 Å². The number of halogens is 1. The van der Waals surface area contributed by atoms with Gasteiger partial charge in [-0.2, -0.15) is 0 Å². The van der Waals surface area contributed by atoms with Gasteiger partial charge in [0, 0.05) is 39.1 Å². The van der Waals surface area contributed by atoms with E-state index in [0.717, 1.165) is 75.7 Å². The Morgan fingerprint density at radius 1 is 1.17 bits per heavy atom. The van der Waals surface area contributed by atoms with Crippen LogP contribution in [-0.4, -0.2) is 56.3 Å². The molecule has 3 rings (SSSR count). The normalized spacial score (nSPS) is 16.2. The first-order chi connectivity index (χ1) is 13.8. The Hall–Kier alpha value is -1.71. The Bertz CT molecular complexity index is 684. The van der Waals surface area contributed by atoms with Crippen molar-refractivity contribution < 1.29 is 14.3 Å².